The minimum Gasteiger partial charge on any atom is -0.308 e. The molecule has 264 valence electrons. The van der Waals surface area contributed by atoms with Gasteiger partial charge in [0.25, 0.3) is 0 Å². The van der Waals surface area contributed by atoms with Gasteiger partial charge in [0.2, 0.25) is 0 Å². The smallest absolute Gasteiger partial charge is 0.166 e. The highest BCUT2D eigenvalue weighted by Gasteiger charge is 2.27. The van der Waals surface area contributed by atoms with Crippen molar-refractivity contribution in [1.82, 2.24) is 28.3 Å². The van der Waals surface area contributed by atoms with Crippen molar-refractivity contribution in [2.45, 2.75) is 0 Å². The van der Waals surface area contributed by atoms with E-state index >= 15 is 0 Å². The molecule has 0 atom stereocenters. The standard InChI is InChI=1S/C51H30N6/c1-4-15-31(16-5-1)49-52-50(32-17-6-2-7-18-32)54-51(53-49)38-28-30-42-45-44-41(55(48(38)45)33-19-8-3-9-20-33)29-27-37-35-22-11-13-25-40(35)57(47(37)44)43-26-14-23-36-34-21-10-12-24-39(34)56(42)46(36)43/h1-30H. The van der Waals surface area contributed by atoms with Gasteiger partial charge in [-0.05, 0) is 48.5 Å². The predicted molar refractivity (Wildman–Crippen MR) is 234 cm³/mol. The topological polar surface area (TPSA) is 52.4 Å². The lowest BCUT2D eigenvalue weighted by atomic mass is 10.0. The number of hydrogen-bond acceptors (Lipinski definition) is 3. The van der Waals surface area contributed by atoms with Gasteiger partial charge in [-0.3, -0.25) is 0 Å². The molecule has 0 saturated heterocycles. The van der Waals surface area contributed by atoms with Gasteiger partial charge in [0, 0.05) is 54.7 Å². The van der Waals surface area contributed by atoms with Crippen LogP contribution < -0.4 is 0 Å². The van der Waals surface area contributed by atoms with Crippen molar-refractivity contribution in [1.29, 1.82) is 0 Å². The Kier molecular flexibility index (Phi) is 6.07. The lowest BCUT2D eigenvalue weighted by molar-refractivity contribution is 1.07. The van der Waals surface area contributed by atoms with Crippen LogP contribution >= 0.6 is 0 Å². The van der Waals surface area contributed by atoms with Gasteiger partial charge in [-0.2, -0.15) is 0 Å². The second-order valence-corrected chi connectivity index (χ2v) is 14.8. The summed E-state index contributed by atoms with van der Waals surface area (Å²) in [6, 6.07) is 64.7. The number of para-hydroxylation sites is 4. The highest BCUT2D eigenvalue weighted by Crippen LogP contribution is 2.47. The third kappa shape index (κ3) is 4.10. The number of nitrogens with zero attached hydrogens (tertiary/aromatic N) is 6. The number of rotatable bonds is 4. The molecule has 0 amide bonds. The van der Waals surface area contributed by atoms with Crippen molar-refractivity contribution in [3.05, 3.63) is 182 Å². The van der Waals surface area contributed by atoms with E-state index in [1.807, 2.05) is 36.4 Å². The van der Waals surface area contributed by atoms with Crippen LogP contribution in [-0.4, -0.2) is 28.3 Å². The van der Waals surface area contributed by atoms with E-state index in [0.717, 1.165) is 49.8 Å². The average molecular weight is 727 g/mol. The monoisotopic (exact) mass is 726 g/mol. The van der Waals surface area contributed by atoms with Crippen LogP contribution in [0.5, 0.6) is 0 Å². The van der Waals surface area contributed by atoms with Crippen LogP contribution in [0.15, 0.2) is 182 Å². The predicted octanol–water partition coefficient (Wildman–Crippen LogP) is 12.5. The molecule has 0 spiro atoms. The molecular formula is C51H30N6. The first-order valence-corrected chi connectivity index (χ1v) is 19.3. The number of aromatic nitrogens is 6. The fourth-order valence-electron chi connectivity index (χ4n) is 9.48. The summed E-state index contributed by atoms with van der Waals surface area (Å²) in [7, 11) is 0. The van der Waals surface area contributed by atoms with E-state index in [-0.39, 0.29) is 0 Å². The fourth-order valence-corrected chi connectivity index (χ4v) is 9.48. The van der Waals surface area contributed by atoms with Crippen LogP contribution in [0.4, 0.5) is 0 Å². The average Bonchev–Trinajstić information content (AvgIpc) is 3.93. The van der Waals surface area contributed by atoms with Crippen LogP contribution in [0.2, 0.25) is 0 Å². The van der Waals surface area contributed by atoms with Gasteiger partial charge < -0.3 is 13.4 Å². The van der Waals surface area contributed by atoms with Gasteiger partial charge in [0.1, 0.15) is 0 Å². The summed E-state index contributed by atoms with van der Waals surface area (Å²) in [5.74, 6) is 1.89. The Balaban J connectivity index is 1.32. The van der Waals surface area contributed by atoms with E-state index < -0.39 is 0 Å². The quantitative estimate of drug-likeness (QED) is 0.181. The molecule has 0 bridgehead atoms. The molecule has 6 heteroatoms. The second-order valence-electron chi connectivity index (χ2n) is 14.8. The summed E-state index contributed by atoms with van der Waals surface area (Å²) in [5, 5.41) is 7.25. The molecule has 13 aromatic rings. The van der Waals surface area contributed by atoms with Crippen LogP contribution in [0.25, 0.3) is 116 Å². The van der Waals surface area contributed by atoms with Crippen molar-refractivity contribution in [2.24, 2.45) is 0 Å². The van der Waals surface area contributed by atoms with Gasteiger partial charge in [-0.15, -0.1) is 0 Å². The molecule has 0 saturated carbocycles. The van der Waals surface area contributed by atoms with Gasteiger partial charge in [0.15, 0.2) is 17.5 Å². The molecule has 0 fully saturated rings. The van der Waals surface area contributed by atoms with Crippen LogP contribution in [0, 0.1) is 0 Å². The zero-order chi connectivity index (χ0) is 37.2. The molecule has 0 aliphatic heterocycles. The van der Waals surface area contributed by atoms with E-state index in [0.29, 0.717) is 17.5 Å². The molecule has 0 aliphatic carbocycles. The van der Waals surface area contributed by atoms with Crippen molar-refractivity contribution >= 4 is 76.5 Å². The van der Waals surface area contributed by atoms with Gasteiger partial charge in [-0.1, -0.05) is 133 Å². The van der Waals surface area contributed by atoms with Crippen molar-refractivity contribution in [2.75, 3.05) is 0 Å². The maximum absolute atomic E-state index is 5.31. The molecule has 0 N–H and O–H groups in total. The lowest BCUT2D eigenvalue weighted by Gasteiger charge is -2.14. The van der Waals surface area contributed by atoms with E-state index in [9.17, 15) is 0 Å². The minimum absolute atomic E-state index is 0.621. The first-order valence-electron chi connectivity index (χ1n) is 19.3. The number of fused-ring (bicyclic) bond motifs is 8. The van der Waals surface area contributed by atoms with Gasteiger partial charge in [0.05, 0.1) is 44.1 Å². The van der Waals surface area contributed by atoms with E-state index in [1.54, 1.807) is 0 Å². The van der Waals surface area contributed by atoms with Crippen molar-refractivity contribution in [3.63, 3.8) is 0 Å². The molecule has 13 rings (SSSR count). The highest BCUT2D eigenvalue weighted by atomic mass is 15.1. The van der Waals surface area contributed by atoms with E-state index in [1.165, 1.54) is 49.0 Å². The van der Waals surface area contributed by atoms with Crippen molar-refractivity contribution in [3.8, 4) is 39.9 Å². The maximum Gasteiger partial charge on any atom is 0.166 e. The van der Waals surface area contributed by atoms with Crippen LogP contribution in [-0.2, 0) is 0 Å². The Morgan fingerprint density at radius 2 is 0.789 bits per heavy atom. The zero-order valence-electron chi connectivity index (χ0n) is 30.5. The molecule has 0 aliphatic rings. The third-order valence-electron chi connectivity index (χ3n) is 11.8. The van der Waals surface area contributed by atoms with E-state index in [2.05, 4.69) is 159 Å². The first kappa shape index (κ1) is 30.5. The Morgan fingerprint density at radius 3 is 1.46 bits per heavy atom. The summed E-state index contributed by atoms with van der Waals surface area (Å²) >= 11 is 0. The largest absolute Gasteiger partial charge is 0.308 e. The van der Waals surface area contributed by atoms with Crippen molar-refractivity contribution < 1.29 is 0 Å². The minimum atomic E-state index is 0.621. The highest BCUT2D eigenvalue weighted by molar-refractivity contribution is 6.32. The molecule has 0 radical (unpaired) electrons. The summed E-state index contributed by atoms with van der Waals surface area (Å²) < 4.78 is 7.44. The SMILES string of the molecule is c1ccc(-c2nc(-c3ccccc3)nc(-c3ccc4c5c6c(ccc7c8ccccc8n(c8cccc9c%10ccccc%10n4c98)c76)n(-c4ccccc4)c35)n2)cc1. The Morgan fingerprint density at radius 1 is 0.298 bits per heavy atom. The molecule has 8 aromatic carbocycles. The summed E-state index contributed by atoms with van der Waals surface area (Å²) in [4.78, 5) is 15.7. The molecule has 5 heterocycles. The number of hydrogen-bond donors (Lipinski definition) is 0. The Labute approximate surface area is 325 Å². The fraction of sp³-hybridized carbons (Fsp3) is 0. The van der Waals surface area contributed by atoms with Crippen LogP contribution in [0.1, 0.15) is 0 Å². The lowest BCUT2D eigenvalue weighted by Crippen LogP contribution is -2.02. The Bertz CT molecular complexity index is 3670. The zero-order valence-corrected chi connectivity index (χ0v) is 30.5. The molecule has 57 heavy (non-hydrogen) atoms. The molecular weight excluding hydrogens is 697 g/mol. The molecule has 6 nitrogen and oxygen atoms in total. The summed E-state index contributed by atoms with van der Waals surface area (Å²) in [5.41, 5.74) is 13.1. The summed E-state index contributed by atoms with van der Waals surface area (Å²) in [6.45, 7) is 0. The van der Waals surface area contributed by atoms with Gasteiger partial charge in [-0.25, -0.2) is 15.0 Å². The normalized spacial score (nSPS) is 12.2. The molecule has 0 unspecified atom stereocenters. The third-order valence-corrected chi connectivity index (χ3v) is 11.8. The van der Waals surface area contributed by atoms with E-state index in [4.69, 9.17) is 15.0 Å². The first-order chi connectivity index (χ1) is 28.3. The Hall–Kier alpha value is -7.83. The maximum atomic E-state index is 5.31. The molecule has 5 aromatic heterocycles. The van der Waals surface area contributed by atoms with Gasteiger partial charge >= 0.3 is 0 Å². The summed E-state index contributed by atoms with van der Waals surface area (Å²) in [6.07, 6.45) is 0. The number of benzene rings is 8. The van der Waals surface area contributed by atoms with Crippen LogP contribution in [0.3, 0.4) is 0 Å². The second kappa shape index (κ2) is 11.4.